The van der Waals surface area contributed by atoms with E-state index in [0.29, 0.717) is 45.3 Å². The molecule has 12 nitrogen and oxygen atoms in total. The van der Waals surface area contributed by atoms with Gasteiger partial charge in [-0.05, 0) is 81.4 Å². The topological polar surface area (TPSA) is 163 Å². The first-order valence-corrected chi connectivity index (χ1v) is 24.0. The van der Waals surface area contributed by atoms with Crippen LogP contribution in [-0.2, 0) is 60.6 Å². The fraction of sp³-hybridized carbons (Fsp3) is 0.654. The molecule has 0 saturated heterocycles. The van der Waals surface area contributed by atoms with E-state index in [1.54, 1.807) is 7.05 Å². The molecule has 0 spiro atoms. The molecule has 0 aliphatic rings. The van der Waals surface area contributed by atoms with Crippen LogP contribution < -0.4 is 10.6 Å². The molecule has 0 bridgehead atoms. The number of ether oxygens (including phenoxy) is 4. The monoisotopic (exact) mass is 893 g/mol. The molecule has 0 fully saturated rings. The van der Waals surface area contributed by atoms with Gasteiger partial charge < -0.3 is 29.6 Å². The average Bonchev–Trinajstić information content (AvgIpc) is 3.26. The highest BCUT2D eigenvalue weighted by Gasteiger charge is 2.29. The van der Waals surface area contributed by atoms with E-state index < -0.39 is 29.8 Å². The molecule has 358 valence electrons. The van der Waals surface area contributed by atoms with E-state index in [1.165, 1.54) is 6.92 Å². The number of Topliss-reactive ketones (excluding diaryl/α,β-unsaturated/α-hetero) is 1. The Hall–Kier alpha value is -4.58. The Bertz CT molecular complexity index is 1620. The van der Waals surface area contributed by atoms with Gasteiger partial charge in [-0.15, -0.1) is 0 Å². The van der Waals surface area contributed by atoms with Crippen molar-refractivity contribution in [3.05, 3.63) is 71.8 Å². The van der Waals surface area contributed by atoms with Crippen LogP contribution in [0, 0.1) is 23.7 Å². The van der Waals surface area contributed by atoms with Gasteiger partial charge in [0, 0.05) is 19.8 Å². The highest BCUT2D eigenvalue weighted by Crippen LogP contribution is 2.23. The van der Waals surface area contributed by atoms with Gasteiger partial charge in [0.1, 0.15) is 17.9 Å². The minimum atomic E-state index is -0.652. The lowest BCUT2D eigenvalue weighted by atomic mass is 9.88. The summed E-state index contributed by atoms with van der Waals surface area (Å²) in [5, 5.41) is 5.73. The number of nitrogens with one attached hydrogen (secondary N) is 2. The Labute approximate surface area is 384 Å². The van der Waals surface area contributed by atoms with Crippen molar-refractivity contribution in [3.8, 4) is 0 Å². The second-order valence-corrected chi connectivity index (χ2v) is 18.0. The van der Waals surface area contributed by atoms with E-state index >= 15 is 0 Å². The summed E-state index contributed by atoms with van der Waals surface area (Å²) in [7, 11) is 1.77. The number of carbonyl (C=O) groups is 6. The lowest BCUT2D eigenvalue weighted by molar-refractivity contribution is -0.152. The lowest BCUT2D eigenvalue weighted by Gasteiger charge is -2.20. The average molecular weight is 893 g/mol. The third-order valence-corrected chi connectivity index (χ3v) is 11.0. The van der Waals surface area contributed by atoms with Crippen molar-refractivity contribution < 1.29 is 47.7 Å². The maximum absolute atomic E-state index is 13.5. The fourth-order valence-electron chi connectivity index (χ4n) is 7.64. The molecular formula is C52H80N2O10. The second kappa shape index (κ2) is 33.9. The van der Waals surface area contributed by atoms with Gasteiger partial charge in [-0.1, -0.05) is 140 Å². The van der Waals surface area contributed by atoms with Gasteiger partial charge in [-0.25, -0.2) is 4.79 Å². The molecule has 12 heteroatoms. The molecule has 2 N–H and O–H groups in total. The third kappa shape index (κ3) is 26.3. The number of amides is 1. The summed E-state index contributed by atoms with van der Waals surface area (Å²) < 4.78 is 22.3. The Morgan fingerprint density at radius 3 is 1.27 bits per heavy atom. The van der Waals surface area contributed by atoms with Crippen molar-refractivity contribution in [1.29, 1.82) is 0 Å². The van der Waals surface area contributed by atoms with Gasteiger partial charge in [0.25, 0.3) is 0 Å². The largest absolute Gasteiger partial charge is 0.465 e. The summed E-state index contributed by atoms with van der Waals surface area (Å²) in [6.45, 7) is 10.7. The van der Waals surface area contributed by atoms with E-state index in [4.69, 9.17) is 18.9 Å². The van der Waals surface area contributed by atoms with E-state index in [1.807, 2.05) is 88.4 Å². The van der Waals surface area contributed by atoms with Crippen LogP contribution in [0.15, 0.2) is 60.7 Å². The molecule has 4 unspecified atom stereocenters. The predicted molar refractivity (Wildman–Crippen MR) is 250 cm³/mol. The molecule has 2 aromatic carbocycles. The maximum atomic E-state index is 13.5. The highest BCUT2D eigenvalue weighted by atomic mass is 16.5. The summed E-state index contributed by atoms with van der Waals surface area (Å²) in [4.78, 5) is 76.5. The van der Waals surface area contributed by atoms with Gasteiger partial charge in [-0.2, -0.15) is 0 Å². The number of benzene rings is 2. The summed E-state index contributed by atoms with van der Waals surface area (Å²) in [5.74, 6) is -2.60. The molecule has 0 aliphatic carbocycles. The van der Waals surface area contributed by atoms with Crippen LogP contribution in [0.3, 0.4) is 0 Å². The first kappa shape index (κ1) is 55.6. The van der Waals surface area contributed by atoms with Gasteiger partial charge >= 0.3 is 23.9 Å². The van der Waals surface area contributed by atoms with Crippen LogP contribution in [0.1, 0.15) is 148 Å². The number of esters is 4. The van der Waals surface area contributed by atoms with Crippen molar-refractivity contribution in [3.63, 3.8) is 0 Å². The van der Waals surface area contributed by atoms with Crippen molar-refractivity contribution in [1.82, 2.24) is 10.6 Å². The first-order valence-electron chi connectivity index (χ1n) is 24.0. The third-order valence-electron chi connectivity index (χ3n) is 11.0. The van der Waals surface area contributed by atoms with E-state index in [0.717, 1.165) is 81.8 Å². The normalized spacial score (nSPS) is 13.1. The zero-order valence-electron chi connectivity index (χ0n) is 39.9. The van der Waals surface area contributed by atoms with Crippen molar-refractivity contribution in [2.45, 2.75) is 162 Å². The number of ketones is 1. The molecule has 0 saturated carbocycles. The van der Waals surface area contributed by atoms with Crippen LogP contribution in [0.5, 0.6) is 0 Å². The van der Waals surface area contributed by atoms with Crippen LogP contribution in [0.2, 0.25) is 0 Å². The lowest BCUT2D eigenvalue weighted by Crippen LogP contribution is -2.41. The minimum absolute atomic E-state index is 0.00543. The predicted octanol–water partition coefficient (Wildman–Crippen LogP) is 9.09. The Kier molecular flexibility index (Phi) is 29.4. The van der Waals surface area contributed by atoms with Crippen LogP contribution in [0.25, 0.3) is 0 Å². The number of carbonyl (C=O) groups excluding carboxylic acids is 6. The second-order valence-electron chi connectivity index (χ2n) is 18.0. The number of likely N-dealkylation sites (N-methyl/N-ethyl adjacent to an activating group) is 1. The Morgan fingerprint density at radius 2 is 0.844 bits per heavy atom. The number of rotatable bonds is 36. The summed E-state index contributed by atoms with van der Waals surface area (Å²) in [6, 6.07) is 18.5. The molecule has 2 rings (SSSR count). The van der Waals surface area contributed by atoms with E-state index in [-0.39, 0.29) is 67.6 Å². The minimum Gasteiger partial charge on any atom is -0.465 e. The summed E-state index contributed by atoms with van der Waals surface area (Å²) in [6.07, 6.45) is 12.5. The van der Waals surface area contributed by atoms with Crippen LogP contribution in [0.4, 0.5) is 0 Å². The highest BCUT2D eigenvalue weighted by molar-refractivity contribution is 5.88. The quantitative estimate of drug-likeness (QED) is 0.0381. The molecule has 0 aliphatic heterocycles. The zero-order valence-corrected chi connectivity index (χ0v) is 39.9. The molecule has 0 heterocycles. The summed E-state index contributed by atoms with van der Waals surface area (Å²) >= 11 is 0. The molecular weight excluding hydrogens is 813 g/mol. The number of hydrogen-bond donors (Lipinski definition) is 2. The fourth-order valence-corrected chi connectivity index (χ4v) is 7.64. The standard InChI is InChI=1S/C52H80N2O10/c1-39(2)33-44(49(57)61-29-21-11-8-10-14-24-32-64-52(60)48(34-40(3)4)54-41(5)55)37-46(56)38-45(35-42-25-17-15-18-26-42)50(58)62-30-22-12-7-9-13-23-31-63-51(59)47(53-6)36-43-27-19-16-20-28-43/h15-20,25-28,39-40,44-45,47-48,53H,7-14,21-24,29-38H2,1-6H3,(H,54,55). The van der Waals surface area contributed by atoms with Gasteiger partial charge in [0.15, 0.2) is 0 Å². The zero-order chi connectivity index (χ0) is 47.0. The van der Waals surface area contributed by atoms with Gasteiger partial charge in [0.05, 0.1) is 38.3 Å². The van der Waals surface area contributed by atoms with Crippen LogP contribution >= 0.6 is 0 Å². The summed E-state index contributed by atoms with van der Waals surface area (Å²) in [5.41, 5.74) is 2.02. The van der Waals surface area contributed by atoms with Crippen molar-refractivity contribution >= 4 is 35.6 Å². The molecule has 2 aromatic rings. The molecule has 0 radical (unpaired) electrons. The molecule has 0 aromatic heterocycles. The van der Waals surface area contributed by atoms with Crippen molar-refractivity contribution in [2.24, 2.45) is 23.7 Å². The molecule has 4 atom stereocenters. The van der Waals surface area contributed by atoms with Gasteiger partial charge in [0.2, 0.25) is 5.91 Å². The maximum Gasteiger partial charge on any atom is 0.328 e. The van der Waals surface area contributed by atoms with E-state index in [2.05, 4.69) is 10.6 Å². The Morgan fingerprint density at radius 1 is 0.469 bits per heavy atom. The van der Waals surface area contributed by atoms with Crippen LogP contribution in [-0.4, -0.2) is 81.1 Å². The molecule has 64 heavy (non-hydrogen) atoms. The Balaban J connectivity index is 1.70. The molecule has 1 amide bonds. The number of unbranched alkanes of at least 4 members (excludes halogenated alkanes) is 10. The van der Waals surface area contributed by atoms with E-state index in [9.17, 15) is 28.8 Å². The smallest absolute Gasteiger partial charge is 0.328 e. The van der Waals surface area contributed by atoms with Crippen molar-refractivity contribution in [2.75, 3.05) is 33.5 Å². The number of hydrogen-bond acceptors (Lipinski definition) is 11. The van der Waals surface area contributed by atoms with Gasteiger partial charge in [-0.3, -0.25) is 24.0 Å². The first-order chi connectivity index (χ1) is 30.8. The SMILES string of the molecule is CNC(Cc1ccccc1)C(=O)OCCCCCCCCOC(=O)C(CC(=O)CC(CC(C)C)C(=O)OCCCCCCCCOC(=O)C(CC(C)C)NC(C)=O)Cc1ccccc1.